The number of aromatic nitrogens is 3. The van der Waals surface area contributed by atoms with Gasteiger partial charge < -0.3 is 9.88 Å². The van der Waals surface area contributed by atoms with E-state index in [4.69, 9.17) is 4.98 Å². The van der Waals surface area contributed by atoms with Gasteiger partial charge in [0.05, 0.1) is 29.2 Å². The third-order valence-corrected chi connectivity index (χ3v) is 5.71. The molecule has 1 unspecified atom stereocenters. The van der Waals surface area contributed by atoms with Crippen LogP contribution in [-0.4, -0.2) is 26.3 Å². The van der Waals surface area contributed by atoms with Crippen LogP contribution in [0.5, 0.6) is 0 Å². The van der Waals surface area contributed by atoms with Crippen molar-refractivity contribution in [2.45, 2.75) is 26.4 Å². The van der Waals surface area contributed by atoms with Crippen LogP contribution < -0.4 is 10.2 Å². The van der Waals surface area contributed by atoms with Gasteiger partial charge >= 0.3 is 0 Å². The number of aryl methyl sites for hydroxylation is 1. The number of nitrogens with zero attached hydrogens (tertiary/aromatic N) is 4. The third kappa shape index (κ3) is 3.85. The van der Waals surface area contributed by atoms with Crippen LogP contribution in [0, 0.1) is 12.8 Å². The molecular formula is C25H23N5O2. The molecular weight excluding hydrogens is 402 g/mol. The number of carbonyl (C=O) groups is 2. The SMILES string of the molecule is Cc1ccc(NC(=O)CC2Cn3c(nc4ccccc43)N(Cc3ccccn3)C2=O)cc1. The average molecular weight is 425 g/mol. The fourth-order valence-corrected chi connectivity index (χ4v) is 4.09. The molecule has 32 heavy (non-hydrogen) atoms. The Morgan fingerprint density at radius 1 is 1.06 bits per heavy atom. The van der Waals surface area contributed by atoms with Crippen molar-refractivity contribution in [3.05, 3.63) is 84.2 Å². The summed E-state index contributed by atoms with van der Waals surface area (Å²) in [6.07, 6.45) is 1.80. The van der Waals surface area contributed by atoms with E-state index in [2.05, 4.69) is 10.3 Å². The quantitative estimate of drug-likeness (QED) is 0.525. The zero-order valence-electron chi connectivity index (χ0n) is 17.7. The number of hydrogen-bond acceptors (Lipinski definition) is 4. The second-order valence-electron chi connectivity index (χ2n) is 8.07. The van der Waals surface area contributed by atoms with Gasteiger partial charge in [0, 0.05) is 24.8 Å². The first-order valence-electron chi connectivity index (χ1n) is 10.6. The molecule has 3 heterocycles. The molecule has 2 amide bonds. The molecule has 0 fully saturated rings. The highest BCUT2D eigenvalue weighted by atomic mass is 16.2. The smallest absolute Gasteiger partial charge is 0.235 e. The number of para-hydroxylation sites is 2. The lowest BCUT2D eigenvalue weighted by molar-refractivity contribution is -0.127. The highest BCUT2D eigenvalue weighted by Crippen LogP contribution is 2.32. The second-order valence-corrected chi connectivity index (χ2v) is 8.07. The zero-order valence-corrected chi connectivity index (χ0v) is 17.7. The van der Waals surface area contributed by atoms with Crippen LogP contribution in [-0.2, 0) is 22.7 Å². The molecule has 0 saturated carbocycles. The first kappa shape index (κ1) is 19.9. The van der Waals surface area contributed by atoms with Crippen molar-refractivity contribution in [1.82, 2.24) is 14.5 Å². The largest absolute Gasteiger partial charge is 0.326 e. The summed E-state index contributed by atoms with van der Waals surface area (Å²) in [7, 11) is 0. The number of hydrogen-bond donors (Lipinski definition) is 1. The number of imidazole rings is 1. The van der Waals surface area contributed by atoms with Gasteiger partial charge in [0.15, 0.2) is 0 Å². The fraction of sp³-hybridized carbons (Fsp3) is 0.200. The lowest BCUT2D eigenvalue weighted by Crippen LogP contribution is -2.44. The van der Waals surface area contributed by atoms with Crippen molar-refractivity contribution in [2.24, 2.45) is 5.92 Å². The summed E-state index contributed by atoms with van der Waals surface area (Å²) in [6, 6.07) is 21.0. The Balaban J connectivity index is 1.44. The number of pyridine rings is 1. The molecule has 0 saturated heterocycles. The van der Waals surface area contributed by atoms with E-state index in [0.717, 1.165) is 28.0 Å². The van der Waals surface area contributed by atoms with Gasteiger partial charge in [0.1, 0.15) is 0 Å². The Bertz CT molecular complexity index is 1280. The first-order valence-corrected chi connectivity index (χ1v) is 10.6. The maximum Gasteiger partial charge on any atom is 0.235 e. The fourth-order valence-electron chi connectivity index (χ4n) is 4.09. The summed E-state index contributed by atoms with van der Waals surface area (Å²) in [4.78, 5) is 37.0. The summed E-state index contributed by atoms with van der Waals surface area (Å²) >= 11 is 0. The Hall–Kier alpha value is -4.00. The van der Waals surface area contributed by atoms with Crippen LogP contribution >= 0.6 is 0 Å². The van der Waals surface area contributed by atoms with Gasteiger partial charge in [-0.1, -0.05) is 35.9 Å². The van der Waals surface area contributed by atoms with E-state index in [0.29, 0.717) is 19.0 Å². The summed E-state index contributed by atoms with van der Waals surface area (Å²) < 4.78 is 2.03. The van der Waals surface area contributed by atoms with Crippen molar-refractivity contribution in [2.75, 3.05) is 10.2 Å². The van der Waals surface area contributed by atoms with Crippen LogP contribution in [0.1, 0.15) is 17.7 Å². The zero-order chi connectivity index (χ0) is 22.1. The molecule has 0 spiro atoms. The maximum atomic E-state index is 13.5. The van der Waals surface area contributed by atoms with Crippen molar-refractivity contribution < 1.29 is 9.59 Å². The number of carbonyl (C=O) groups excluding carboxylic acids is 2. The average Bonchev–Trinajstić information content (AvgIpc) is 3.17. The summed E-state index contributed by atoms with van der Waals surface area (Å²) in [5.41, 5.74) is 4.39. The van der Waals surface area contributed by atoms with Gasteiger partial charge in [0.2, 0.25) is 17.8 Å². The molecule has 2 aromatic carbocycles. The molecule has 1 atom stereocenters. The monoisotopic (exact) mass is 425 g/mol. The molecule has 0 bridgehead atoms. The number of anilines is 2. The Labute approximate surface area is 185 Å². The van der Waals surface area contributed by atoms with Crippen LogP contribution in [0.3, 0.4) is 0 Å². The molecule has 1 aliphatic rings. The van der Waals surface area contributed by atoms with Gasteiger partial charge in [-0.3, -0.25) is 19.5 Å². The van der Waals surface area contributed by atoms with E-state index in [1.807, 2.05) is 78.2 Å². The minimum absolute atomic E-state index is 0.0946. The van der Waals surface area contributed by atoms with Gasteiger partial charge in [-0.25, -0.2) is 4.98 Å². The van der Waals surface area contributed by atoms with Gasteiger partial charge in [-0.05, 0) is 43.3 Å². The number of nitrogens with one attached hydrogen (secondary N) is 1. The standard InChI is InChI=1S/C25H23N5O2/c1-17-9-11-19(12-10-17)27-23(31)14-18-15-29-22-8-3-2-7-21(22)28-25(29)30(24(18)32)16-20-6-4-5-13-26-20/h2-13,18H,14-16H2,1H3,(H,27,31). The lowest BCUT2D eigenvalue weighted by Gasteiger charge is -2.32. The van der Waals surface area contributed by atoms with E-state index in [-0.39, 0.29) is 18.2 Å². The van der Waals surface area contributed by atoms with E-state index in [1.54, 1.807) is 11.1 Å². The first-order chi connectivity index (χ1) is 15.6. The van der Waals surface area contributed by atoms with E-state index < -0.39 is 5.92 Å². The highest BCUT2D eigenvalue weighted by Gasteiger charge is 2.36. The minimum Gasteiger partial charge on any atom is -0.326 e. The van der Waals surface area contributed by atoms with Crippen LogP contribution in [0.25, 0.3) is 11.0 Å². The number of rotatable bonds is 5. The molecule has 0 radical (unpaired) electrons. The lowest BCUT2D eigenvalue weighted by atomic mass is 10.0. The van der Waals surface area contributed by atoms with E-state index in [9.17, 15) is 9.59 Å². The van der Waals surface area contributed by atoms with Gasteiger partial charge in [-0.15, -0.1) is 0 Å². The maximum absolute atomic E-state index is 13.5. The highest BCUT2D eigenvalue weighted by molar-refractivity contribution is 6.01. The second kappa shape index (κ2) is 8.26. The summed E-state index contributed by atoms with van der Waals surface area (Å²) in [5, 5.41) is 2.91. The van der Waals surface area contributed by atoms with Crippen LogP contribution in [0.15, 0.2) is 72.9 Å². The van der Waals surface area contributed by atoms with E-state index in [1.165, 1.54) is 0 Å². The number of benzene rings is 2. The number of fused-ring (bicyclic) bond motifs is 3. The summed E-state index contributed by atoms with van der Waals surface area (Å²) in [5.74, 6) is -0.193. The van der Waals surface area contributed by atoms with Gasteiger partial charge in [-0.2, -0.15) is 0 Å². The molecule has 1 aliphatic heterocycles. The van der Waals surface area contributed by atoms with Crippen molar-refractivity contribution in [3.63, 3.8) is 0 Å². The summed E-state index contributed by atoms with van der Waals surface area (Å²) in [6.45, 7) is 2.71. The predicted molar refractivity (Wildman–Crippen MR) is 123 cm³/mol. The molecule has 160 valence electrons. The van der Waals surface area contributed by atoms with Crippen LogP contribution in [0.2, 0.25) is 0 Å². The van der Waals surface area contributed by atoms with E-state index >= 15 is 0 Å². The van der Waals surface area contributed by atoms with Crippen molar-refractivity contribution in [1.29, 1.82) is 0 Å². The topological polar surface area (TPSA) is 80.1 Å². The van der Waals surface area contributed by atoms with Crippen molar-refractivity contribution in [3.8, 4) is 0 Å². The predicted octanol–water partition coefficient (Wildman–Crippen LogP) is 3.93. The molecule has 4 aromatic rings. The molecule has 2 aromatic heterocycles. The third-order valence-electron chi connectivity index (χ3n) is 5.71. The minimum atomic E-state index is -0.491. The molecule has 1 N–H and O–H groups in total. The normalized spacial score (nSPS) is 15.6. The molecule has 0 aliphatic carbocycles. The van der Waals surface area contributed by atoms with Crippen LogP contribution in [0.4, 0.5) is 11.6 Å². The van der Waals surface area contributed by atoms with Gasteiger partial charge in [0.25, 0.3) is 0 Å². The molecule has 7 nitrogen and oxygen atoms in total. The van der Waals surface area contributed by atoms with Crippen molar-refractivity contribution >= 4 is 34.5 Å². The molecule has 7 heteroatoms. The number of amides is 2. The Morgan fingerprint density at radius 3 is 2.62 bits per heavy atom. The molecule has 5 rings (SSSR count). The Morgan fingerprint density at radius 2 is 1.84 bits per heavy atom. The Kier molecular flexibility index (Phi) is 5.15.